The van der Waals surface area contributed by atoms with Gasteiger partial charge in [0.2, 0.25) is 0 Å². The van der Waals surface area contributed by atoms with Crippen molar-refractivity contribution >= 4 is 19.7 Å². The lowest BCUT2D eigenvalue weighted by Crippen LogP contribution is -2.02. The quantitative estimate of drug-likeness (QED) is 0.811. The summed E-state index contributed by atoms with van der Waals surface area (Å²) in [6, 6.07) is 8.72. The first-order valence-corrected chi connectivity index (χ1v) is 7.79. The SMILES string of the molecule is O=S(=O)(Cl)c1ccc(OCc2c(F)cccc2F)cc1. The number of rotatable bonds is 4. The van der Waals surface area contributed by atoms with Crippen LogP contribution in [0.5, 0.6) is 5.75 Å². The van der Waals surface area contributed by atoms with Crippen molar-refractivity contribution in [3.8, 4) is 5.75 Å². The Morgan fingerprint density at radius 1 is 1.00 bits per heavy atom. The minimum atomic E-state index is -3.80. The molecule has 0 heterocycles. The van der Waals surface area contributed by atoms with Crippen molar-refractivity contribution in [1.82, 2.24) is 0 Å². The van der Waals surface area contributed by atoms with Gasteiger partial charge in [-0.2, -0.15) is 0 Å². The van der Waals surface area contributed by atoms with Gasteiger partial charge in [0.1, 0.15) is 24.0 Å². The van der Waals surface area contributed by atoms with Crippen molar-refractivity contribution in [2.75, 3.05) is 0 Å². The van der Waals surface area contributed by atoms with Crippen LogP contribution in [0.1, 0.15) is 5.56 Å². The molecule has 0 aliphatic carbocycles. The Balaban J connectivity index is 2.12. The van der Waals surface area contributed by atoms with E-state index in [-0.39, 0.29) is 22.8 Å². The molecule has 0 aliphatic heterocycles. The molecule has 0 saturated carbocycles. The molecule has 0 aromatic heterocycles. The van der Waals surface area contributed by atoms with Gasteiger partial charge >= 0.3 is 0 Å². The number of hydrogen-bond donors (Lipinski definition) is 0. The maximum absolute atomic E-state index is 13.4. The van der Waals surface area contributed by atoms with Crippen molar-refractivity contribution in [2.45, 2.75) is 11.5 Å². The highest BCUT2D eigenvalue weighted by Crippen LogP contribution is 2.21. The number of ether oxygens (including phenoxy) is 1. The molecule has 0 amide bonds. The molecule has 0 N–H and O–H groups in total. The number of hydrogen-bond acceptors (Lipinski definition) is 3. The predicted octanol–water partition coefficient (Wildman–Crippen LogP) is 3.47. The van der Waals surface area contributed by atoms with Gasteiger partial charge in [-0.15, -0.1) is 0 Å². The zero-order chi connectivity index (χ0) is 14.8. The summed E-state index contributed by atoms with van der Waals surface area (Å²) in [5.74, 6) is -1.13. The predicted molar refractivity (Wildman–Crippen MR) is 70.2 cm³/mol. The lowest BCUT2D eigenvalue weighted by molar-refractivity contribution is 0.292. The number of halogens is 3. The third-order valence-electron chi connectivity index (χ3n) is 2.55. The second-order valence-corrected chi connectivity index (χ2v) is 6.46. The molecule has 0 atom stereocenters. The van der Waals surface area contributed by atoms with Gasteiger partial charge in [-0.05, 0) is 36.4 Å². The van der Waals surface area contributed by atoms with Gasteiger partial charge < -0.3 is 4.74 Å². The Bertz CT molecular complexity index is 695. The summed E-state index contributed by atoms with van der Waals surface area (Å²) in [7, 11) is 1.35. The Morgan fingerprint density at radius 2 is 1.55 bits per heavy atom. The van der Waals surface area contributed by atoms with Crippen molar-refractivity contribution in [3.63, 3.8) is 0 Å². The van der Waals surface area contributed by atoms with E-state index >= 15 is 0 Å². The van der Waals surface area contributed by atoms with E-state index in [1.165, 1.54) is 30.3 Å². The van der Waals surface area contributed by atoms with Gasteiger partial charge in [0, 0.05) is 10.7 Å². The second kappa shape index (κ2) is 5.76. The van der Waals surface area contributed by atoms with Crippen LogP contribution in [0, 0.1) is 11.6 Å². The first kappa shape index (κ1) is 14.7. The second-order valence-electron chi connectivity index (χ2n) is 3.90. The highest BCUT2D eigenvalue weighted by molar-refractivity contribution is 8.13. The Morgan fingerprint density at radius 3 is 2.05 bits per heavy atom. The van der Waals surface area contributed by atoms with E-state index in [1.807, 2.05) is 0 Å². The fraction of sp³-hybridized carbons (Fsp3) is 0.0769. The van der Waals surface area contributed by atoms with Crippen LogP contribution in [0.25, 0.3) is 0 Å². The van der Waals surface area contributed by atoms with Crippen LogP contribution in [0.3, 0.4) is 0 Å². The Hall–Kier alpha value is -1.66. The largest absolute Gasteiger partial charge is 0.489 e. The number of benzene rings is 2. The summed E-state index contributed by atoms with van der Waals surface area (Å²) in [6.45, 7) is -0.300. The minimum Gasteiger partial charge on any atom is -0.489 e. The maximum Gasteiger partial charge on any atom is 0.261 e. The Kier molecular flexibility index (Phi) is 4.25. The van der Waals surface area contributed by atoms with Crippen molar-refractivity contribution in [3.05, 3.63) is 59.7 Å². The third-order valence-corrected chi connectivity index (χ3v) is 3.92. The lowest BCUT2D eigenvalue weighted by Gasteiger charge is -2.08. The van der Waals surface area contributed by atoms with E-state index in [0.29, 0.717) is 0 Å². The molecule has 106 valence electrons. The zero-order valence-electron chi connectivity index (χ0n) is 10.0. The van der Waals surface area contributed by atoms with E-state index in [2.05, 4.69) is 0 Å². The standard InChI is InChI=1S/C13H9ClF2O3S/c14-20(17,18)10-6-4-9(5-7-10)19-8-11-12(15)2-1-3-13(11)16/h1-7H,8H2. The van der Waals surface area contributed by atoms with Crippen LogP contribution in [0.4, 0.5) is 8.78 Å². The molecule has 2 aromatic rings. The van der Waals surface area contributed by atoms with Crippen LogP contribution < -0.4 is 4.74 Å². The maximum atomic E-state index is 13.4. The lowest BCUT2D eigenvalue weighted by atomic mass is 10.2. The normalized spacial score (nSPS) is 11.3. The highest BCUT2D eigenvalue weighted by Gasteiger charge is 2.11. The summed E-state index contributed by atoms with van der Waals surface area (Å²) in [4.78, 5) is -0.0800. The van der Waals surface area contributed by atoms with Gasteiger partial charge in [-0.1, -0.05) is 6.07 Å². The van der Waals surface area contributed by atoms with Crippen molar-refractivity contribution in [2.24, 2.45) is 0 Å². The molecule has 0 radical (unpaired) electrons. The van der Waals surface area contributed by atoms with E-state index in [4.69, 9.17) is 15.4 Å². The molecular formula is C13H9ClF2O3S. The van der Waals surface area contributed by atoms with Gasteiger partial charge in [0.05, 0.1) is 10.5 Å². The summed E-state index contributed by atoms with van der Waals surface area (Å²) >= 11 is 0. The fourth-order valence-electron chi connectivity index (χ4n) is 1.52. The average molecular weight is 319 g/mol. The van der Waals surface area contributed by atoms with Gasteiger partial charge in [0.15, 0.2) is 0 Å². The molecule has 0 spiro atoms. The van der Waals surface area contributed by atoms with Crippen LogP contribution in [0.2, 0.25) is 0 Å². The molecule has 0 fully saturated rings. The first-order valence-electron chi connectivity index (χ1n) is 5.48. The van der Waals surface area contributed by atoms with Crippen LogP contribution in [0.15, 0.2) is 47.4 Å². The molecule has 0 saturated heterocycles. The van der Waals surface area contributed by atoms with Crippen LogP contribution in [-0.4, -0.2) is 8.42 Å². The molecule has 2 rings (SSSR count). The minimum absolute atomic E-state index is 0.0800. The van der Waals surface area contributed by atoms with Gasteiger partial charge in [-0.3, -0.25) is 0 Å². The van der Waals surface area contributed by atoms with Crippen LogP contribution in [-0.2, 0) is 15.7 Å². The molecule has 0 bridgehead atoms. The molecule has 3 nitrogen and oxygen atoms in total. The zero-order valence-corrected chi connectivity index (χ0v) is 11.6. The topological polar surface area (TPSA) is 43.4 Å². The molecule has 0 aliphatic rings. The van der Waals surface area contributed by atoms with Crippen molar-refractivity contribution in [1.29, 1.82) is 0 Å². The Labute approximate surface area is 119 Å². The van der Waals surface area contributed by atoms with E-state index in [0.717, 1.165) is 12.1 Å². The van der Waals surface area contributed by atoms with Crippen molar-refractivity contribution < 1.29 is 21.9 Å². The molecule has 20 heavy (non-hydrogen) atoms. The van der Waals surface area contributed by atoms with E-state index in [1.54, 1.807) is 0 Å². The summed E-state index contributed by atoms with van der Waals surface area (Å²) in [5.41, 5.74) is -0.193. The third kappa shape index (κ3) is 3.46. The summed E-state index contributed by atoms with van der Waals surface area (Å²) in [5, 5.41) is 0. The molecule has 0 unspecified atom stereocenters. The first-order chi connectivity index (χ1) is 9.38. The molecule has 2 aromatic carbocycles. The summed E-state index contributed by atoms with van der Waals surface area (Å²) in [6.07, 6.45) is 0. The van der Waals surface area contributed by atoms with Crippen LogP contribution >= 0.6 is 10.7 Å². The summed E-state index contributed by atoms with van der Waals surface area (Å²) < 4.78 is 54.0. The van der Waals surface area contributed by atoms with Gasteiger partial charge in [-0.25, -0.2) is 17.2 Å². The van der Waals surface area contributed by atoms with Gasteiger partial charge in [0.25, 0.3) is 9.05 Å². The highest BCUT2D eigenvalue weighted by atomic mass is 35.7. The molecular weight excluding hydrogens is 310 g/mol. The van der Waals surface area contributed by atoms with E-state index < -0.39 is 20.7 Å². The monoisotopic (exact) mass is 318 g/mol. The fourth-order valence-corrected chi connectivity index (χ4v) is 2.29. The van der Waals surface area contributed by atoms with E-state index in [9.17, 15) is 17.2 Å². The molecule has 7 heteroatoms. The smallest absolute Gasteiger partial charge is 0.261 e. The average Bonchev–Trinajstić information content (AvgIpc) is 2.37.